The Morgan fingerprint density at radius 2 is 1.79 bits per heavy atom. The molecule has 0 aliphatic carbocycles. The van der Waals surface area contributed by atoms with E-state index in [4.69, 9.17) is 21.6 Å². The van der Waals surface area contributed by atoms with E-state index in [2.05, 4.69) is 4.90 Å². The number of hydrogen-bond acceptors (Lipinski definition) is 6. The molecular formula is C25H22Cl2N4OS2. The first-order valence-corrected chi connectivity index (χ1v) is 12.5. The molecule has 1 amide bonds. The number of amides is 1. The van der Waals surface area contributed by atoms with Gasteiger partial charge in [-0.05, 0) is 55.9 Å². The van der Waals surface area contributed by atoms with Gasteiger partial charge in [0, 0.05) is 23.5 Å². The molecule has 5 rings (SSSR count). The molecule has 0 bridgehead atoms. The van der Waals surface area contributed by atoms with Crippen molar-refractivity contribution < 1.29 is 4.79 Å². The van der Waals surface area contributed by atoms with Gasteiger partial charge in [0.15, 0.2) is 5.13 Å². The van der Waals surface area contributed by atoms with Crippen LogP contribution in [0.4, 0.5) is 5.13 Å². The van der Waals surface area contributed by atoms with Gasteiger partial charge < -0.3 is 4.90 Å². The van der Waals surface area contributed by atoms with Gasteiger partial charge in [0.05, 0.1) is 31.9 Å². The summed E-state index contributed by atoms with van der Waals surface area (Å²) in [4.78, 5) is 28.5. The summed E-state index contributed by atoms with van der Waals surface area (Å²) in [5, 5.41) is 4.17. The molecule has 0 fully saturated rings. The minimum Gasteiger partial charge on any atom is -0.308 e. The predicted octanol–water partition coefficient (Wildman–Crippen LogP) is 6.86. The summed E-state index contributed by atoms with van der Waals surface area (Å²) in [5.41, 5.74) is 3.06. The molecule has 0 saturated heterocycles. The fraction of sp³-hybridized carbons (Fsp3) is 0.160. The normalized spacial score (nSPS) is 11.2. The number of carbonyl (C=O) groups excluding carboxylic acids is 1. The number of para-hydroxylation sites is 1. The number of thiazole rings is 1. The highest BCUT2D eigenvalue weighted by Crippen LogP contribution is 2.33. The Balaban J connectivity index is 0.00000274. The number of halogens is 2. The number of thiophene rings is 1. The largest absolute Gasteiger partial charge is 0.308 e. The van der Waals surface area contributed by atoms with E-state index in [1.165, 1.54) is 11.3 Å². The Labute approximate surface area is 217 Å². The fourth-order valence-electron chi connectivity index (χ4n) is 3.63. The topological polar surface area (TPSA) is 49.3 Å². The lowest BCUT2D eigenvalue weighted by Gasteiger charge is -2.23. The first-order valence-electron chi connectivity index (χ1n) is 10.5. The van der Waals surface area contributed by atoms with Gasteiger partial charge >= 0.3 is 0 Å². The number of hydrogen-bond donors (Lipinski definition) is 0. The van der Waals surface area contributed by atoms with Crippen molar-refractivity contribution in [3.05, 3.63) is 76.6 Å². The van der Waals surface area contributed by atoms with Crippen molar-refractivity contribution in [3.63, 3.8) is 0 Å². The summed E-state index contributed by atoms with van der Waals surface area (Å²) in [6.07, 6.45) is 0. The summed E-state index contributed by atoms with van der Waals surface area (Å²) < 4.78 is 0.957. The maximum Gasteiger partial charge on any atom is 0.260 e. The van der Waals surface area contributed by atoms with Gasteiger partial charge in [0.1, 0.15) is 0 Å². The van der Waals surface area contributed by atoms with Gasteiger partial charge in [-0.3, -0.25) is 9.69 Å². The third kappa shape index (κ3) is 4.94. The maximum atomic E-state index is 14.1. The lowest BCUT2D eigenvalue weighted by molar-refractivity contribution is 0.0986. The Morgan fingerprint density at radius 3 is 2.56 bits per heavy atom. The molecule has 174 valence electrons. The number of anilines is 1. The van der Waals surface area contributed by atoms with Gasteiger partial charge in [-0.2, -0.15) is 0 Å². The first-order chi connectivity index (χ1) is 16.0. The van der Waals surface area contributed by atoms with Crippen LogP contribution >= 0.6 is 46.7 Å². The van der Waals surface area contributed by atoms with E-state index in [0.717, 1.165) is 31.7 Å². The van der Waals surface area contributed by atoms with Crippen LogP contribution in [-0.2, 0) is 0 Å². The number of nitrogens with zero attached hydrogens (tertiary/aromatic N) is 4. The number of fused-ring (bicyclic) bond motifs is 2. The summed E-state index contributed by atoms with van der Waals surface area (Å²) >= 11 is 9.28. The zero-order valence-electron chi connectivity index (χ0n) is 18.6. The molecule has 0 radical (unpaired) electrons. The van der Waals surface area contributed by atoms with Crippen LogP contribution in [-0.4, -0.2) is 48.0 Å². The number of rotatable bonds is 6. The number of likely N-dealkylation sites (N-methyl/N-ethyl adjacent to an activating group) is 1. The van der Waals surface area contributed by atoms with E-state index < -0.39 is 0 Å². The predicted molar refractivity (Wildman–Crippen MR) is 147 cm³/mol. The molecule has 5 aromatic rings. The van der Waals surface area contributed by atoms with Crippen molar-refractivity contribution in [2.45, 2.75) is 0 Å². The van der Waals surface area contributed by atoms with Crippen LogP contribution in [0.3, 0.4) is 0 Å². The molecular weight excluding hydrogens is 507 g/mol. The molecule has 3 aromatic heterocycles. The van der Waals surface area contributed by atoms with Crippen molar-refractivity contribution in [1.29, 1.82) is 0 Å². The van der Waals surface area contributed by atoms with Crippen LogP contribution in [0, 0.1) is 0 Å². The number of pyridine rings is 1. The average Bonchev–Trinajstić information content (AvgIpc) is 3.48. The molecule has 2 aromatic carbocycles. The van der Waals surface area contributed by atoms with Crippen LogP contribution in [0.15, 0.2) is 66.0 Å². The van der Waals surface area contributed by atoms with Crippen molar-refractivity contribution in [1.82, 2.24) is 14.9 Å². The quantitative estimate of drug-likeness (QED) is 0.241. The number of aromatic nitrogens is 2. The third-order valence-corrected chi connectivity index (χ3v) is 7.47. The highest BCUT2D eigenvalue weighted by atomic mass is 35.5. The third-order valence-electron chi connectivity index (χ3n) is 5.31. The zero-order chi connectivity index (χ0) is 22.9. The SMILES string of the molecule is CN(C)CCN(C(=O)c1cc(-c2cccs2)nc2ccccc12)c1nc2ccc(Cl)cc2s1.Cl. The van der Waals surface area contributed by atoms with Crippen molar-refractivity contribution in [2.24, 2.45) is 0 Å². The molecule has 0 aliphatic rings. The molecule has 9 heteroatoms. The minimum atomic E-state index is -0.0848. The van der Waals surface area contributed by atoms with E-state index in [1.54, 1.807) is 16.2 Å². The van der Waals surface area contributed by atoms with E-state index >= 15 is 0 Å². The highest BCUT2D eigenvalue weighted by Gasteiger charge is 2.24. The van der Waals surface area contributed by atoms with Crippen LogP contribution in [0.2, 0.25) is 5.02 Å². The summed E-state index contributed by atoms with van der Waals surface area (Å²) in [6.45, 7) is 1.23. The lowest BCUT2D eigenvalue weighted by atomic mass is 10.1. The van der Waals surface area contributed by atoms with Gasteiger partial charge in [-0.1, -0.05) is 47.2 Å². The second-order valence-corrected chi connectivity index (χ2v) is 10.3. The van der Waals surface area contributed by atoms with E-state index in [0.29, 0.717) is 28.8 Å². The zero-order valence-corrected chi connectivity index (χ0v) is 21.8. The smallest absolute Gasteiger partial charge is 0.260 e. The Bertz CT molecular complexity index is 1450. The summed E-state index contributed by atoms with van der Waals surface area (Å²) in [5.74, 6) is -0.0848. The van der Waals surface area contributed by atoms with Crippen molar-refractivity contribution >= 4 is 78.8 Å². The second kappa shape index (κ2) is 10.4. The average molecular weight is 530 g/mol. The molecule has 34 heavy (non-hydrogen) atoms. The molecule has 0 unspecified atom stereocenters. The molecule has 0 spiro atoms. The maximum absolute atomic E-state index is 14.1. The van der Waals surface area contributed by atoms with Gasteiger partial charge in [-0.25, -0.2) is 9.97 Å². The van der Waals surface area contributed by atoms with Crippen LogP contribution in [0.5, 0.6) is 0 Å². The summed E-state index contributed by atoms with van der Waals surface area (Å²) in [7, 11) is 4.00. The van der Waals surface area contributed by atoms with E-state index in [9.17, 15) is 4.79 Å². The fourth-order valence-corrected chi connectivity index (χ4v) is 5.59. The van der Waals surface area contributed by atoms with Crippen LogP contribution in [0.25, 0.3) is 31.7 Å². The molecule has 0 saturated carbocycles. The summed E-state index contributed by atoms with van der Waals surface area (Å²) in [6, 6.07) is 19.3. The van der Waals surface area contributed by atoms with Crippen LogP contribution < -0.4 is 4.90 Å². The van der Waals surface area contributed by atoms with Crippen LogP contribution in [0.1, 0.15) is 10.4 Å². The molecule has 0 N–H and O–H groups in total. The van der Waals surface area contributed by atoms with Gasteiger partial charge in [0.25, 0.3) is 5.91 Å². The van der Waals surface area contributed by atoms with Crippen molar-refractivity contribution in [2.75, 3.05) is 32.1 Å². The number of carbonyl (C=O) groups is 1. The molecule has 0 atom stereocenters. The highest BCUT2D eigenvalue weighted by molar-refractivity contribution is 7.22. The monoisotopic (exact) mass is 528 g/mol. The van der Waals surface area contributed by atoms with Crippen molar-refractivity contribution in [3.8, 4) is 10.6 Å². The Hall–Kier alpha value is -2.55. The minimum absolute atomic E-state index is 0. The van der Waals surface area contributed by atoms with E-state index in [1.807, 2.05) is 80.1 Å². The van der Waals surface area contributed by atoms with E-state index in [-0.39, 0.29) is 18.3 Å². The lowest BCUT2D eigenvalue weighted by Crippen LogP contribution is -2.37. The number of benzene rings is 2. The Morgan fingerprint density at radius 1 is 0.971 bits per heavy atom. The molecule has 5 nitrogen and oxygen atoms in total. The molecule has 0 aliphatic heterocycles. The van der Waals surface area contributed by atoms with Gasteiger partial charge in [-0.15, -0.1) is 23.7 Å². The first kappa shape index (κ1) is 24.6. The Kier molecular flexibility index (Phi) is 7.50. The standard InChI is InChI=1S/C25H21ClN4OS2.ClH/c1-29(2)11-12-30(25-28-20-10-9-16(26)14-23(20)33-25)24(31)18-15-21(22-8-5-13-32-22)27-19-7-4-3-6-17(18)19;/h3-10,13-15H,11-12H2,1-2H3;1H. The second-order valence-electron chi connectivity index (χ2n) is 7.92. The molecule has 3 heterocycles. The van der Waals surface area contributed by atoms with Gasteiger partial charge in [0.2, 0.25) is 0 Å².